The predicted octanol–water partition coefficient (Wildman–Crippen LogP) is 8.21. The van der Waals surface area contributed by atoms with Crippen LogP contribution in [-0.2, 0) is 4.79 Å². The van der Waals surface area contributed by atoms with E-state index in [1.807, 2.05) is 72.0 Å². The van der Waals surface area contributed by atoms with Crippen molar-refractivity contribution < 1.29 is 4.79 Å². The van der Waals surface area contributed by atoms with Crippen molar-refractivity contribution in [3.63, 3.8) is 0 Å². The number of hydrogen-bond acceptors (Lipinski definition) is 2. The van der Waals surface area contributed by atoms with Crippen LogP contribution < -0.4 is 5.73 Å². The molecule has 2 aliphatic rings. The fourth-order valence-electron chi connectivity index (χ4n) is 3.68. The van der Waals surface area contributed by atoms with Gasteiger partial charge in [0.2, 0.25) is 6.41 Å². The van der Waals surface area contributed by atoms with Gasteiger partial charge in [-0.2, -0.15) is 0 Å². The van der Waals surface area contributed by atoms with Gasteiger partial charge in [0.1, 0.15) is 0 Å². The molecule has 0 atom stereocenters. The molecule has 0 aromatic heterocycles. The van der Waals surface area contributed by atoms with Crippen LogP contribution in [-0.4, -0.2) is 11.3 Å². The summed E-state index contributed by atoms with van der Waals surface area (Å²) in [6.45, 7) is 18.3. The molecule has 4 rings (SSSR count). The highest BCUT2D eigenvalue weighted by atomic mass is 16.1. The number of hydrogen-bond donors (Lipinski definition) is 1. The summed E-state index contributed by atoms with van der Waals surface area (Å²) in [4.78, 5) is 13.2. The average molecular weight is 445 g/mol. The van der Waals surface area contributed by atoms with Crippen LogP contribution >= 0.6 is 0 Å². The van der Waals surface area contributed by atoms with Crippen molar-refractivity contribution >= 4 is 28.5 Å². The van der Waals surface area contributed by atoms with Gasteiger partial charge in [0.05, 0.1) is 0 Å². The third kappa shape index (κ3) is 6.35. The fraction of sp³-hybridized carbons (Fsp3) is 0.300. The molecule has 1 heterocycles. The lowest BCUT2D eigenvalue weighted by molar-refractivity contribution is -0.113. The van der Waals surface area contributed by atoms with E-state index in [0.29, 0.717) is 5.70 Å². The van der Waals surface area contributed by atoms with E-state index in [9.17, 15) is 4.79 Å². The number of fused-ring (bicyclic) bond motifs is 2. The molecule has 3 heteroatoms. The molecule has 2 N–H and O–H groups in total. The van der Waals surface area contributed by atoms with Crippen molar-refractivity contribution in [3.8, 4) is 0 Å². The van der Waals surface area contributed by atoms with Gasteiger partial charge in [-0.15, -0.1) is 0 Å². The van der Waals surface area contributed by atoms with E-state index in [4.69, 9.17) is 5.73 Å². The molecule has 3 nitrogen and oxygen atoms in total. The first-order valence-electron chi connectivity index (χ1n) is 12.1. The van der Waals surface area contributed by atoms with E-state index >= 15 is 0 Å². The maximum absolute atomic E-state index is 11.7. The van der Waals surface area contributed by atoms with Gasteiger partial charge >= 0.3 is 0 Å². The molecular formula is C30H40N2O. The molecule has 0 spiro atoms. The SMILES string of the molecule is C=C1c2cc3ccccc3cc2C(C2=CC=C(N)CC(CC)=C2)=CN1C=O.CC.CC.CC. The van der Waals surface area contributed by atoms with Crippen LogP contribution in [0.2, 0.25) is 0 Å². The maximum atomic E-state index is 11.7. The van der Waals surface area contributed by atoms with E-state index in [0.717, 1.165) is 52.6 Å². The molecule has 33 heavy (non-hydrogen) atoms. The molecule has 0 saturated heterocycles. The molecule has 2 aromatic carbocycles. The van der Waals surface area contributed by atoms with Gasteiger partial charge in [-0.1, -0.05) is 97.0 Å². The summed E-state index contributed by atoms with van der Waals surface area (Å²) in [6.07, 6.45) is 10.6. The lowest BCUT2D eigenvalue weighted by Gasteiger charge is -2.28. The molecule has 0 fully saturated rings. The highest BCUT2D eigenvalue weighted by Gasteiger charge is 2.23. The topological polar surface area (TPSA) is 46.3 Å². The summed E-state index contributed by atoms with van der Waals surface area (Å²) in [5.74, 6) is 0. The molecule has 176 valence electrons. The minimum atomic E-state index is 0.693. The smallest absolute Gasteiger partial charge is 0.218 e. The van der Waals surface area contributed by atoms with Crippen LogP contribution in [0.5, 0.6) is 0 Å². The Morgan fingerprint density at radius 3 is 2.09 bits per heavy atom. The minimum Gasteiger partial charge on any atom is -0.402 e. The molecule has 1 amide bonds. The molecule has 2 aromatic rings. The largest absolute Gasteiger partial charge is 0.402 e. The molecule has 0 saturated carbocycles. The molecule has 0 unspecified atom stereocenters. The highest BCUT2D eigenvalue weighted by Crippen LogP contribution is 2.40. The van der Waals surface area contributed by atoms with Crippen LogP contribution in [0.15, 0.2) is 84.2 Å². The Kier molecular flexibility index (Phi) is 11.7. The van der Waals surface area contributed by atoms with Gasteiger partial charge in [-0.25, -0.2) is 0 Å². The van der Waals surface area contributed by atoms with Crippen LogP contribution in [0.1, 0.15) is 72.4 Å². The number of amides is 1. The van der Waals surface area contributed by atoms with Crippen LogP contribution in [0, 0.1) is 0 Å². The third-order valence-electron chi connectivity index (χ3n) is 5.21. The second kappa shape index (κ2) is 13.9. The molecule has 0 bridgehead atoms. The second-order valence-electron chi connectivity index (χ2n) is 6.94. The number of nitrogens with zero attached hydrogens (tertiary/aromatic N) is 1. The Bertz CT molecular complexity index is 1080. The van der Waals surface area contributed by atoms with Gasteiger partial charge in [-0.05, 0) is 46.5 Å². The number of nitrogens with two attached hydrogens (primary N) is 1. The monoisotopic (exact) mass is 444 g/mol. The standard InChI is InChI=1S/C24H22N2O.3C2H6/c1-3-17-10-20(8-9-21(25)11-17)24-14-26(15-27)16(2)22-12-18-6-4-5-7-19(18)13-23(22)24;3*1-2/h4-10,12-15H,2-3,11,25H2,1H3;3*1-2H3. The molecule has 0 radical (unpaired) electrons. The van der Waals surface area contributed by atoms with Crippen molar-refractivity contribution in [2.24, 2.45) is 5.73 Å². The number of rotatable bonds is 3. The number of carbonyl (C=O) groups is 1. The number of carbonyl (C=O) groups excluding carboxylic acids is 1. The quantitative estimate of drug-likeness (QED) is 0.485. The predicted molar refractivity (Wildman–Crippen MR) is 146 cm³/mol. The van der Waals surface area contributed by atoms with Crippen LogP contribution in [0.25, 0.3) is 22.0 Å². The minimum absolute atomic E-state index is 0.693. The highest BCUT2D eigenvalue weighted by molar-refractivity contribution is 5.99. The van der Waals surface area contributed by atoms with Crippen molar-refractivity contribution in [1.29, 1.82) is 0 Å². The van der Waals surface area contributed by atoms with E-state index < -0.39 is 0 Å². The van der Waals surface area contributed by atoms with E-state index in [2.05, 4.69) is 43.8 Å². The Hall–Kier alpha value is -3.33. The fourth-order valence-corrected chi connectivity index (χ4v) is 3.68. The van der Waals surface area contributed by atoms with E-state index in [-0.39, 0.29) is 0 Å². The Labute approximate surface area is 200 Å². The first-order valence-corrected chi connectivity index (χ1v) is 12.1. The summed E-state index contributed by atoms with van der Waals surface area (Å²) in [5.41, 5.74) is 13.1. The summed E-state index contributed by atoms with van der Waals surface area (Å²) in [7, 11) is 0. The Balaban J connectivity index is 0.000000841. The van der Waals surface area contributed by atoms with Crippen molar-refractivity contribution in [3.05, 3.63) is 95.4 Å². The zero-order chi connectivity index (χ0) is 25.0. The van der Waals surface area contributed by atoms with Gasteiger partial charge in [-0.3, -0.25) is 9.69 Å². The summed E-state index contributed by atoms with van der Waals surface area (Å²) >= 11 is 0. The summed E-state index contributed by atoms with van der Waals surface area (Å²) in [6, 6.07) is 12.5. The Morgan fingerprint density at radius 1 is 0.970 bits per heavy atom. The zero-order valence-electron chi connectivity index (χ0n) is 21.4. The van der Waals surface area contributed by atoms with E-state index in [1.54, 1.807) is 4.90 Å². The lowest BCUT2D eigenvalue weighted by Crippen LogP contribution is -2.19. The van der Waals surface area contributed by atoms with Gasteiger partial charge in [0.25, 0.3) is 0 Å². The van der Waals surface area contributed by atoms with Gasteiger partial charge in [0.15, 0.2) is 0 Å². The lowest BCUT2D eigenvalue weighted by atomic mass is 9.87. The van der Waals surface area contributed by atoms with Crippen molar-refractivity contribution in [2.75, 3.05) is 0 Å². The molecule has 1 aliphatic heterocycles. The summed E-state index contributed by atoms with van der Waals surface area (Å²) in [5, 5.41) is 2.30. The molecule has 1 aliphatic carbocycles. The van der Waals surface area contributed by atoms with Gasteiger partial charge in [0, 0.05) is 35.2 Å². The summed E-state index contributed by atoms with van der Waals surface area (Å²) < 4.78 is 0. The maximum Gasteiger partial charge on any atom is 0.218 e. The van der Waals surface area contributed by atoms with Gasteiger partial charge < -0.3 is 5.73 Å². The second-order valence-corrected chi connectivity index (χ2v) is 6.94. The van der Waals surface area contributed by atoms with Crippen molar-refractivity contribution in [1.82, 2.24) is 4.90 Å². The Morgan fingerprint density at radius 2 is 1.55 bits per heavy atom. The first kappa shape index (κ1) is 27.7. The third-order valence-corrected chi connectivity index (χ3v) is 5.21. The van der Waals surface area contributed by atoms with E-state index in [1.165, 1.54) is 11.0 Å². The number of benzene rings is 2. The normalized spacial score (nSPS) is 14.3. The van der Waals surface area contributed by atoms with Crippen LogP contribution in [0.4, 0.5) is 0 Å². The molecular weight excluding hydrogens is 404 g/mol. The number of allylic oxidation sites excluding steroid dienone is 6. The zero-order valence-corrected chi connectivity index (χ0v) is 21.4. The average Bonchev–Trinajstić information content (AvgIpc) is 3.08. The first-order chi connectivity index (χ1) is 16.1. The van der Waals surface area contributed by atoms with Crippen LogP contribution in [0.3, 0.4) is 0 Å². The van der Waals surface area contributed by atoms with Crippen molar-refractivity contribution in [2.45, 2.75) is 61.3 Å².